The van der Waals surface area contributed by atoms with E-state index in [4.69, 9.17) is 0 Å². The third-order valence-corrected chi connectivity index (χ3v) is 8.63. The van der Waals surface area contributed by atoms with Crippen molar-refractivity contribution in [3.63, 3.8) is 0 Å². The van der Waals surface area contributed by atoms with Crippen LogP contribution in [0.2, 0.25) is 0 Å². The first-order valence-corrected chi connectivity index (χ1v) is 16.2. The van der Waals surface area contributed by atoms with E-state index < -0.39 is 0 Å². The quantitative estimate of drug-likeness (QED) is 0.271. The van der Waals surface area contributed by atoms with Gasteiger partial charge < -0.3 is 24.8 Å². The number of halogens is 2. The molecule has 0 spiro atoms. The number of aromatic nitrogens is 4. The summed E-state index contributed by atoms with van der Waals surface area (Å²) in [5, 5.41) is 17.2. The van der Waals surface area contributed by atoms with Gasteiger partial charge in [0.05, 0.1) is 22.2 Å². The second-order valence-electron chi connectivity index (χ2n) is 13.2. The van der Waals surface area contributed by atoms with E-state index in [0.717, 1.165) is 33.3 Å². The fourth-order valence-electron chi connectivity index (χ4n) is 5.91. The van der Waals surface area contributed by atoms with Crippen molar-refractivity contribution < 1.29 is 51.0 Å². The van der Waals surface area contributed by atoms with Crippen LogP contribution < -0.4 is 35.9 Å². The molecule has 0 aliphatic heterocycles. The molecule has 0 saturated carbocycles. The maximum atomic E-state index is 12.0. The molecule has 254 valence electrons. The summed E-state index contributed by atoms with van der Waals surface area (Å²) >= 11 is 0. The Morgan fingerprint density at radius 3 is 1.10 bits per heavy atom. The molecule has 0 unspecified atom stereocenters. The number of hydrogen-bond donors (Lipinski definition) is 2. The summed E-state index contributed by atoms with van der Waals surface area (Å²) in [6.45, 7) is 17.6. The Bertz CT molecular complexity index is 1990. The van der Waals surface area contributed by atoms with E-state index in [-0.39, 0.29) is 62.1 Å². The molecule has 0 amide bonds. The monoisotopic (exact) mass is 772 g/mol. The zero-order valence-corrected chi connectivity index (χ0v) is 33.3. The summed E-state index contributed by atoms with van der Waals surface area (Å²) in [5.41, 5.74) is 8.77. The predicted molar refractivity (Wildman–Crippen MR) is 192 cm³/mol. The summed E-state index contributed by atoms with van der Waals surface area (Å²) in [4.78, 5) is 24.0. The Balaban J connectivity index is 0.000000321. The van der Waals surface area contributed by atoms with Gasteiger partial charge in [-0.15, -0.1) is 0 Å². The standard InChI is InChI=1S/2C20H22N2O.2ClH.Zr/c2*1-12(2)14-9-10-16(18(11-14)13(3)4)19-15-7-5-6-8-17(15)20(23)22-21-19;;;/h2*5-13H,1-4H3,(H,22,23);2*1H;/q;;;;+2/p-2. The van der Waals surface area contributed by atoms with Crippen LogP contribution in [0.25, 0.3) is 44.1 Å². The van der Waals surface area contributed by atoms with Crippen LogP contribution in [0.1, 0.15) is 101 Å². The maximum Gasteiger partial charge on any atom is 2.00 e. The van der Waals surface area contributed by atoms with Gasteiger partial charge in [-0.05, 0) is 58.1 Å². The number of fused-ring (bicyclic) bond motifs is 2. The van der Waals surface area contributed by atoms with Gasteiger partial charge in [-0.25, -0.2) is 10.2 Å². The van der Waals surface area contributed by atoms with Crippen molar-refractivity contribution in [2.24, 2.45) is 0 Å². The Hall–Kier alpha value is -3.38. The molecule has 4 aromatic carbocycles. The SMILES string of the molecule is CC(C)c1ccc(-c2n[nH]c(=O)c3ccccc23)c(C(C)C)c1.CC(C)c1ccc(-c2n[nH]c(=O)c3ccccc23)c(C(C)C)c1.[Cl-].[Cl-].[Zr+2]. The molecular weight excluding hydrogens is 731 g/mol. The Labute approximate surface area is 320 Å². The molecule has 49 heavy (non-hydrogen) atoms. The minimum absolute atomic E-state index is 0. The van der Waals surface area contributed by atoms with Crippen molar-refractivity contribution in [2.75, 3.05) is 0 Å². The van der Waals surface area contributed by atoms with Gasteiger partial charge in [-0.1, -0.05) is 128 Å². The summed E-state index contributed by atoms with van der Waals surface area (Å²) in [6.07, 6.45) is 0. The van der Waals surface area contributed by atoms with Crippen LogP contribution in [-0.2, 0) is 26.2 Å². The molecule has 0 aliphatic rings. The van der Waals surface area contributed by atoms with Gasteiger partial charge in [0.25, 0.3) is 11.1 Å². The van der Waals surface area contributed by atoms with Gasteiger partial charge in [0.2, 0.25) is 0 Å². The summed E-state index contributed by atoms with van der Waals surface area (Å²) < 4.78 is 0. The van der Waals surface area contributed by atoms with Crippen molar-refractivity contribution in [1.29, 1.82) is 0 Å². The van der Waals surface area contributed by atoms with E-state index in [1.54, 1.807) is 0 Å². The van der Waals surface area contributed by atoms with Crippen LogP contribution in [0, 0.1) is 0 Å². The minimum Gasteiger partial charge on any atom is -1.00 e. The fourth-order valence-corrected chi connectivity index (χ4v) is 5.91. The van der Waals surface area contributed by atoms with Crippen molar-refractivity contribution in [3.8, 4) is 22.5 Å². The number of benzene rings is 4. The number of nitrogens with one attached hydrogen (secondary N) is 2. The summed E-state index contributed by atoms with van der Waals surface area (Å²) in [5.74, 6) is 1.75. The van der Waals surface area contributed by atoms with Crippen LogP contribution in [0.3, 0.4) is 0 Å². The average Bonchev–Trinajstić information content (AvgIpc) is 3.05. The first kappa shape index (κ1) is 41.8. The van der Waals surface area contributed by atoms with Crippen LogP contribution in [0.15, 0.2) is 94.5 Å². The first-order valence-electron chi connectivity index (χ1n) is 16.2. The third-order valence-electron chi connectivity index (χ3n) is 8.63. The molecule has 2 aromatic heterocycles. The molecule has 6 aromatic rings. The molecule has 9 heteroatoms. The van der Waals surface area contributed by atoms with Gasteiger partial charge in [-0.3, -0.25) is 9.59 Å². The fraction of sp³-hybridized carbons (Fsp3) is 0.300. The Morgan fingerprint density at radius 2 is 0.796 bits per heavy atom. The van der Waals surface area contributed by atoms with Crippen molar-refractivity contribution in [2.45, 2.75) is 79.1 Å². The average molecular weight is 775 g/mol. The van der Waals surface area contributed by atoms with Crippen molar-refractivity contribution >= 4 is 21.5 Å². The van der Waals surface area contributed by atoms with E-state index in [9.17, 15) is 9.59 Å². The van der Waals surface area contributed by atoms with Crippen LogP contribution in [0.5, 0.6) is 0 Å². The number of aromatic amines is 2. The van der Waals surface area contributed by atoms with Gasteiger partial charge in [0, 0.05) is 21.9 Å². The molecule has 2 N–H and O–H groups in total. The molecule has 6 rings (SSSR count). The smallest absolute Gasteiger partial charge is 1.00 e. The van der Waals surface area contributed by atoms with E-state index in [1.165, 1.54) is 22.3 Å². The summed E-state index contributed by atoms with van der Waals surface area (Å²) in [6, 6.07) is 28.4. The van der Waals surface area contributed by atoms with Gasteiger partial charge in [0.15, 0.2) is 0 Å². The second-order valence-corrected chi connectivity index (χ2v) is 13.2. The normalized spacial score (nSPS) is 10.9. The van der Waals surface area contributed by atoms with Crippen molar-refractivity contribution in [1.82, 2.24) is 20.4 Å². The van der Waals surface area contributed by atoms with Gasteiger partial charge >= 0.3 is 26.2 Å². The number of hydrogen-bond acceptors (Lipinski definition) is 4. The first-order chi connectivity index (χ1) is 22.0. The zero-order valence-electron chi connectivity index (χ0n) is 29.4. The largest absolute Gasteiger partial charge is 2.00 e. The molecule has 0 saturated heterocycles. The second kappa shape index (κ2) is 18.0. The van der Waals surface area contributed by atoms with E-state index in [2.05, 4.69) is 112 Å². The molecule has 0 aliphatic carbocycles. The van der Waals surface area contributed by atoms with Crippen molar-refractivity contribution in [3.05, 3.63) is 128 Å². The number of rotatable bonds is 6. The predicted octanol–water partition coefficient (Wildman–Crippen LogP) is 3.68. The topological polar surface area (TPSA) is 91.5 Å². The van der Waals surface area contributed by atoms with Gasteiger partial charge in [0.1, 0.15) is 0 Å². The minimum atomic E-state index is -0.144. The molecule has 6 nitrogen and oxygen atoms in total. The van der Waals surface area contributed by atoms with E-state index >= 15 is 0 Å². The molecule has 0 bridgehead atoms. The molecule has 2 heterocycles. The van der Waals surface area contributed by atoms with Crippen LogP contribution >= 0.6 is 0 Å². The molecular formula is C40H44Cl2N4O2Zr. The van der Waals surface area contributed by atoms with E-state index in [1.807, 2.05) is 48.5 Å². The Morgan fingerprint density at radius 1 is 0.469 bits per heavy atom. The van der Waals surface area contributed by atoms with Crippen LogP contribution in [0.4, 0.5) is 0 Å². The zero-order chi connectivity index (χ0) is 33.1. The number of nitrogens with zero attached hydrogens (tertiary/aromatic N) is 2. The molecule has 0 radical (unpaired) electrons. The molecule has 0 fully saturated rings. The van der Waals surface area contributed by atoms with E-state index in [0.29, 0.717) is 34.4 Å². The van der Waals surface area contributed by atoms with Gasteiger partial charge in [-0.2, -0.15) is 10.2 Å². The summed E-state index contributed by atoms with van der Waals surface area (Å²) in [7, 11) is 0. The number of H-pyrrole nitrogens is 2. The third kappa shape index (κ3) is 9.05. The van der Waals surface area contributed by atoms with Crippen LogP contribution in [-0.4, -0.2) is 20.4 Å². The Kier molecular flexibility index (Phi) is 15.4. The maximum absolute atomic E-state index is 12.0. The molecule has 0 atom stereocenters.